The normalized spacial score (nSPS) is 11.3. The molecule has 0 spiro atoms. The van der Waals surface area contributed by atoms with E-state index in [1.54, 1.807) is 0 Å². The van der Waals surface area contributed by atoms with E-state index in [0.717, 1.165) is 6.07 Å². The predicted molar refractivity (Wildman–Crippen MR) is 53.8 cm³/mol. The van der Waals surface area contributed by atoms with Gasteiger partial charge >= 0.3 is 6.36 Å². The third kappa shape index (κ3) is 3.29. The summed E-state index contributed by atoms with van der Waals surface area (Å²) in [7, 11) is 0. The van der Waals surface area contributed by atoms with Crippen molar-refractivity contribution >= 4 is 28.9 Å². The van der Waals surface area contributed by atoms with Gasteiger partial charge in [-0.1, -0.05) is 0 Å². The van der Waals surface area contributed by atoms with Crippen molar-refractivity contribution in [2.45, 2.75) is 13.0 Å². The highest BCUT2D eigenvalue weighted by atomic mass is 127. The first-order valence-corrected chi connectivity index (χ1v) is 4.91. The van der Waals surface area contributed by atoms with Crippen molar-refractivity contribution in [3.63, 3.8) is 0 Å². The second-order valence-corrected chi connectivity index (χ2v) is 3.77. The van der Waals surface area contributed by atoms with Crippen LogP contribution in [0.1, 0.15) is 16.2 Å². The van der Waals surface area contributed by atoms with Crippen LogP contribution in [0.15, 0.2) is 6.07 Å². The third-order valence-corrected chi connectivity index (χ3v) is 2.27. The quantitative estimate of drug-likeness (QED) is 0.479. The van der Waals surface area contributed by atoms with Crippen molar-refractivity contribution < 1.29 is 27.1 Å². The molecule has 0 bridgehead atoms. The Morgan fingerprint density at radius 2 is 2.12 bits per heavy atom. The molecule has 1 aromatic heterocycles. The van der Waals surface area contributed by atoms with Crippen LogP contribution in [0, 0.1) is 3.57 Å². The Hall–Kier alpha value is -0.930. The summed E-state index contributed by atoms with van der Waals surface area (Å²) in [6, 6.07) is 1.08. The Bertz CT molecular complexity index is 408. The molecule has 16 heavy (non-hydrogen) atoms. The number of rotatable bonds is 3. The first-order chi connectivity index (χ1) is 7.37. The van der Waals surface area contributed by atoms with E-state index in [4.69, 9.17) is 0 Å². The zero-order chi connectivity index (χ0) is 12.3. The van der Waals surface area contributed by atoms with Crippen LogP contribution in [0.3, 0.4) is 0 Å². The average molecular weight is 349 g/mol. The summed E-state index contributed by atoms with van der Waals surface area (Å²) < 4.78 is 51.8. The number of halogens is 5. The summed E-state index contributed by atoms with van der Waals surface area (Å²) in [6.07, 6.45) is -4.83. The largest absolute Gasteiger partial charge is 0.573 e. The summed E-state index contributed by atoms with van der Waals surface area (Å²) >= 11 is 1.51. The van der Waals surface area contributed by atoms with Crippen LogP contribution in [0.5, 0.6) is 5.75 Å². The summed E-state index contributed by atoms with van der Waals surface area (Å²) in [5.41, 5.74) is -0.696. The molecule has 1 aromatic rings. The number of pyridine rings is 1. The lowest BCUT2D eigenvalue weighted by Crippen LogP contribution is -2.19. The molecule has 8 heteroatoms. The first kappa shape index (κ1) is 13.1. The molecule has 0 aromatic carbocycles. The highest BCUT2D eigenvalue weighted by Gasteiger charge is 2.33. The Morgan fingerprint density at radius 3 is 2.56 bits per heavy atom. The van der Waals surface area contributed by atoms with E-state index in [2.05, 4.69) is 9.72 Å². The van der Waals surface area contributed by atoms with Crippen molar-refractivity contribution in [2.24, 2.45) is 0 Å². The van der Waals surface area contributed by atoms with Gasteiger partial charge in [-0.05, 0) is 28.7 Å². The van der Waals surface area contributed by atoms with Crippen LogP contribution in [0.25, 0.3) is 0 Å². The van der Waals surface area contributed by atoms with E-state index in [1.165, 1.54) is 22.6 Å². The minimum Gasteiger partial charge on any atom is -0.402 e. The van der Waals surface area contributed by atoms with Gasteiger partial charge in [0.15, 0.2) is 12.0 Å². The second kappa shape index (κ2) is 4.93. The van der Waals surface area contributed by atoms with Gasteiger partial charge in [-0.3, -0.25) is 4.79 Å². The third-order valence-electron chi connectivity index (χ3n) is 1.47. The summed E-state index contributed by atoms with van der Waals surface area (Å²) in [4.78, 5) is 13.9. The van der Waals surface area contributed by atoms with Crippen LogP contribution >= 0.6 is 22.6 Å². The van der Waals surface area contributed by atoms with Crippen molar-refractivity contribution in [2.75, 3.05) is 0 Å². The molecule has 88 valence electrons. The average Bonchev–Trinajstić information content (AvgIpc) is 2.19. The lowest BCUT2D eigenvalue weighted by atomic mass is 10.3. The zero-order valence-electron chi connectivity index (χ0n) is 7.52. The van der Waals surface area contributed by atoms with E-state index in [1.807, 2.05) is 0 Å². The van der Waals surface area contributed by atoms with E-state index in [0.29, 0.717) is 0 Å². The lowest BCUT2D eigenvalue weighted by molar-refractivity contribution is -0.275. The van der Waals surface area contributed by atoms with Gasteiger partial charge in [0.25, 0.3) is 0 Å². The van der Waals surface area contributed by atoms with Crippen LogP contribution in [-0.4, -0.2) is 17.6 Å². The van der Waals surface area contributed by atoms with E-state index >= 15 is 0 Å². The van der Waals surface area contributed by atoms with Crippen molar-refractivity contribution in [1.82, 2.24) is 4.98 Å². The number of aromatic nitrogens is 1. The lowest BCUT2D eigenvalue weighted by Gasteiger charge is -2.12. The van der Waals surface area contributed by atoms with Gasteiger partial charge in [-0.25, -0.2) is 9.37 Å². The number of hydrogen-bond donors (Lipinski definition) is 0. The maximum atomic E-state index is 12.2. The first-order valence-electron chi connectivity index (χ1n) is 3.83. The van der Waals surface area contributed by atoms with Gasteiger partial charge in [-0.2, -0.15) is 0 Å². The zero-order valence-corrected chi connectivity index (χ0v) is 9.67. The van der Waals surface area contributed by atoms with E-state index in [-0.39, 0.29) is 15.6 Å². The Kier molecular flexibility index (Phi) is 4.05. The van der Waals surface area contributed by atoms with Gasteiger partial charge < -0.3 is 4.74 Å². The fourth-order valence-electron chi connectivity index (χ4n) is 0.937. The van der Waals surface area contributed by atoms with Crippen molar-refractivity contribution in [3.8, 4) is 5.75 Å². The van der Waals surface area contributed by atoms with Gasteiger partial charge in [0.2, 0.25) is 0 Å². The molecule has 0 atom stereocenters. The smallest absolute Gasteiger partial charge is 0.402 e. The number of hydrogen-bond acceptors (Lipinski definition) is 3. The molecule has 0 saturated carbocycles. The number of carbonyl (C=O) groups excluding carboxylic acids is 1. The van der Waals surface area contributed by atoms with Crippen LogP contribution in [0.2, 0.25) is 0 Å². The molecule has 0 saturated heterocycles. The highest BCUT2D eigenvalue weighted by molar-refractivity contribution is 14.1. The number of aldehydes is 1. The SMILES string of the molecule is O=Cc1nc(CF)cc(I)c1OC(F)(F)F. The molecule has 1 heterocycles. The Morgan fingerprint density at radius 1 is 1.50 bits per heavy atom. The summed E-state index contributed by atoms with van der Waals surface area (Å²) in [5, 5.41) is 0. The monoisotopic (exact) mass is 349 g/mol. The van der Waals surface area contributed by atoms with Crippen LogP contribution in [0.4, 0.5) is 17.6 Å². The number of ether oxygens (including phenoxy) is 1. The fourth-order valence-corrected chi connectivity index (χ4v) is 1.68. The molecule has 0 radical (unpaired) electrons. The number of carbonyl (C=O) groups is 1. The van der Waals surface area contributed by atoms with Crippen molar-refractivity contribution in [3.05, 3.63) is 21.0 Å². The van der Waals surface area contributed by atoms with E-state index in [9.17, 15) is 22.4 Å². The van der Waals surface area contributed by atoms with Gasteiger partial charge in [0.1, 0.15) is 12.4 Å². The molecular weight excluding hydrogens is 345 g/mol. The van der Waals surface area contributed by atoms with Gasteiger partial charge in [0, 0.05) is 0 Å². The van der Waals surface area contributed by atoms with Crippen molar-refractivity contribution in [1.29, 1.82) is 0 Å². The molecule has 0 fully saturated rings. The fraction of sp³-hybridized carbons (Fsp3) is 0.250. The topological polar surface area (TPSA) is 39.2 Å². The van der Waals surface area contributed by atoms with E-state index < -0.39 is 24.5 Å². The molecule has 3 nitrogen and oxygen atoms in total. The van der Waals surface area contributed by atoms with Crippen LogP contribution in [-0.2, 0) is 6.67 Å². The standard InChI is InChI=1S/C8H4F4INO2/c9-2-4-1-5(13)7(6(3-15)14-4)16-8(10,11)12/h1,3H,2H2. The van der Waals surface area contributed by atoms with Crippen LogP contribution < -0.4 is 4.74 Å². The molecular formula is C8H4F4INO2. The molecule has 0 amide bonds. The maximum absolute atomic E-state index is 12.2. The molecule has 0 unspecified atom stereocenters. The van der Waals surface area contributed by atoms with Gasteiger partial charge in [-0.15, -0.1) is 13.2 Å². The Balaban J connectivity index is 3.22. The second-order valence-electron chi connectivity index (χ2n) is 2.61. The minimum atomic E-state index is -4.92. The number of nitrogens with zero attached hydrogens (tertiary/aromatic N) is 1. The summed E-state index contributed by atoms with van der Waals surface area (Å²) in [5.74, 6) is -0.708. The molecule has 0 N–H and O–H groups in total. The highest BCUT2D eigenvalue weighted by Crippen LogP contribution is 2.30. The molecule has 0 aliphatic carbocycles. The maximum Gasteiger partial charge on any atom is 0.573 e. The molecule has 0 aliphatic heterocycles. The predicted octanol–water partition coefficient (Wildman–Crippen LogP) is 2.87. The van der Waals surface area contributed by atoms with Gasteiger partial charge in [0.05, 0.1) is 9.26 Å². The minimum absolute atomic E-state index is 0.0281. The Labute approximate surface area is 101 Å². The number of alkyl halides is 4. The molecule has 1 rings (SSSR count). The summed E-state index contributed by atoms with van der Waals surface area (Å²) in [6.45, 7) is -0.969. The molecule has 0 aliphatic rings.